The average Bonchev–Trinajstić information content (AvgIpc) is 2.83. The Hall–Kier alpha value is -2.08. The number of aromatic nitrogens is 4. The van der Waals surface area contributed by atoms with Crippen molar-refractivity contribution in [3.63, 3.8) is 0 Å². The number of Topliss-reactive ketones (excluding diaryl/α,β-unsaturated/α-hetero) is 1. The Morgan fingerprint density at radius 2 is 2.31 bits per heavy atom. The molecule has 0 spiro atoms. The van der Waals surface area contributed by atoms with E-state index in [0.717, 1.165) is 5.56 Å². The Kier molecular flexibility index (Phi) is 3.02. The molecule has 0 unspecified atom stereocenters. The van der Waals surface area contributed by atoms with Gasteiger partial charge in [-0.1, -0.05) is 18.2 Å². The number of rotatable bonds is 4. The first-order chi connectivity index (χ1) is 7.81. The van der Waals surface area contributed by atoms with E-state index in [4.69, 9.17) is 5.73 Å². The molecule has 0 aliphatic rings. The van der Waals surface area contributed by atoms with Crippen molar-refractivity contribution in [1.29, 1.82) is 0 Å². The van der Waals surface area contributed by atoms with Crippen LogP contribution in [0.25, 0.3) is 11.4 Å². The van der Waals surface area contributed by atoms with Crippen molar-refractivity contribution in [2.24, 2.45) is 5.73 Å². The topological polar surface area (TPSA) is 97.5 Å². The molecule has 0 radical (unpaired) electrons. The number of nitrogens with one attached hydrogen (secondary N) is 1. The minimum atomic E-state index is 0.0212. The number of aromatic amines is 1. The lowest BCUT2D eigenvalue weighted by molar-refractivity contribution is 0.0985. The fourth-order valence-corrected chi connectivity index (χ4v) is 1.39. The van der Waals surface area contributed by atoms with Gasteiger partial charge < -0.3 is 5.73 Å². The summed E-state index contributed by atoms with van der Waals surface area (Å²) in [6.07, 6.45) is 0.343. The molecule has 6 heteroatoms. The highest BCUT2D eigenvalue weighted by Gasteiger charge is 2.08. The smallest absolute Gasteiger partial charge is 0.204 e. The van der Waals surface area contributed by atoms with Gasteiger partial charge in [-0.15, -0.1) is 10.2 Å². The maximum Gasteiger partial charge on any atom is 0.204 e. The second kappa shape index (κ2) is 4.63. The Labute approximate surface area is 91.9 Å². The zero-order chi connectivity index (χ0) is 11.4. The van der Waals surface area contributed by atoms with Crippen molar-refractivity contribution in [2.75, 3.05) is 6.54 Å². The number of nitrogens with two attached hydrogens (primary N) is 1. The monoisotopic (exact) mass is 217 g/mol. The highest BCUT2D eigenvalue weighted by molar-refractivity contribution is 5.97. The zero-order valence-electron chi connectivity index (χ0n) is 8.55. The lowest BCUT2D eigenvalue weighted by Crippen LogP contribution is -2.08. The maximum atomic E-state index is 11.6. The number of ketones is 1. The van der Waals surface area contributed by atoms with E-state index in [1.165, 1.54) is 0 Å². The summed E-state index contributed by atoms with van der Waals surface area (Å²) in [5.41, 5.74) is 6.72. The van der Waals surface area contributed by atoms with E-state index in [2.05, 4.69) is 20.6 Å². The van der Waals surface area contributed by atoms with E-state index in [-0.39, 0.29) is 5.78 Å². The molecular formula is C10H11N5O. The van der Waals surface area contributed by atoms with Crippen molar-refractivity contribution in [1.82, 2.24) is 20.6 Å². The summed E-state index contributed by atoms with van der Waals surface area (Å²) in [5, 5.41) is 13.5. The molecule has 0 bridgehead atoms. The van der Waals surface area contributed by atoms with Gasteiger partial charge >= 0.3 is 0 Å². The van der Waals surface area contributed by atoms with Crippen LogP contribution in [0.3, 0.4) is 0 Å². The van der Waals surface area contributed by atoms with Gasteiger partial charge in [-0.2, -0.15) is 5.21 Å². The maximum absolute atomic E-state index is 11.6. The van der Waals surface area contributed by atoms with Crippen molar-refractivity contribution in [2.45, 2.75) is 6.42 Å². The molecule has 0 saturated heterocycles. The molecule has 0 amide bonds. The standard InChI is InChI=1S/C10H11N5O/c11-5-4-9(16)7-2-1-3-8(6-7)10-12-14-15-13-10/h1-3,6H,4-5,11H2,(H,12,13,14,15). The minimum Gasteiger partial charge on any atom is -0.330 e. The first-order valence-corrected chi connectivity index (χ1v) is 4.88. The van der Waals surface area contributed by atoms with Crippen LogP contribution in [0.2, 0.25) is 0 Å². The normalized spacial score (nSPS) is 10.3. The number of hydrogen-bond donors (Lipinski definition) is 2. The molecule has 2 aromatic rings. The van der Waals surface area contributed by atoms with Crippen molar-refractivity contribution < 1.29 is 4.79 Å². The number of nitrogens with zero attached hydrogens (tertiary/aromatic N) is 3. The summed E-state index contributed by atoms with van der Waals surface area (Å²) < 4.78 is 0. The second-order valence-electron chi connectivity index (χ2n) is 3.28. The first-order valence-electron chi connectivity index (χ1n) is 4.88. The quantitative estimate of drug-likeness (QED) is 0.722. The molecule has 1 aromatic heterocycles. The molecule has 0 atom stereocenters. The Morgan fingerprint density at radius 1 is 1.44 bits per heavy atom. The lowest BCUT2D eigenvalue weighted by atomic mass is 10.1. The van der Waals surface area contributed by atoms with E-state index in [9.17, 15) is 4.79 Å². The Morgan fingerprint density at radius 3 is 3.00 bits per heavy atom. The van der Waals surface area contributed by atoms with Gasteiger partial charge in [0.1, 0.15) is 0 Å². The molecule has 0 saturated carbocycles. The minimum absolute atomic E-state index is 0.0212. The second-order valence-corrected chi connectivity index (χ2v) is 3.28. The average molecular weight is 217 g/mol. The molecule has 82 valence electrons. The summed E-state index contributed by atoms with van der Waals surface area (Å²) in [6, 6.07) is 7.10. The van der Waals surface area contributed by atoms with E-state index in [1.807, 2.05) is 6.07 Å². The largest absolute Gasteiger partial charge is 0.330 e. The van der Waals surface area contributed by atoms with Crippen LogP contribution in [0, 0.1) is 0 Å². The van der Waals surface area contributed by atoms with Crippen LogP contribution in [-0.4, -0.2) is 33.0 Å². The summed E-state index contributed by atoms with van der Waals surface area (Å²) in [4.78, 5) is 11.6. The summed E-state index contributed by atoms with van der Waals surface area (Å²) in [7, 11) is 0. The first kappa shape index (κ1) is 10.4. The molecule has 1 aromatic carbocycles. The third-order valence-electron chi connectivity index (χ3n) is 2.16. The molecule has 0 aliphatic heterocycles. The van der Waals surface area contributed by atoms with Crippen LogP contribution in [0.4, 0.5) is 0 Å². The van der Waals surface area contributed by atoms with Gasteiger partial charge in [0.05, 0.1) is 0 Å². The third kappa shape index (κ3) is 2.12. The lowest BCUT2D eigenvalue weighted by Gasteiger charge is -2.00. The molecule has 3 N–H and O–H groups in total. The molecule has 16 heavy (non-hydrogen) atoms. The SMILES string of the molecule is NCCC(=O)c1cccc(-c2nn[nH]n2)c1. The van der Waals surface area contributed by atoms with Crippen LogP contribution < -0.4 is 5.73 Å². The summed E-state index contributed by atoms with van der Waals surface area (Å²) >= 11 is 0. The van der Waals surface area contributed by atoms with Gasteiger partial charge in [0.2, 0.25) is 5.82 Å². The van der Waals surface area contributed by atoms with Crippen LogP contribution in [-0.2, 0) is 0 Å². The van der Waals surface area contributed by atoms with E-state index in [0.29, 0.717) is 24.4 Å². The molecule has 1 heterocycles. The highest BCUT2D eigenvalue weighted by atomic mass is 16.1. The number of hydrogen-bond acceptors (Lipinski definition) is 5. The Bertz CT molecular complexity index is 480. The van der Waals surface area contributed by atoms with Crippen LogP contribution in [0.15, 0.2) is 24.3 Å². The van der Waals surface area contributed by atoms with Crippen LogP contribution in [0.1, 0.15) is 16.8 Å². The van der Waals surface area contributed by atoms with E-state index >= 15 is 0 Å². The van der Waals surface area contributed by atoms with Gasteiger partial charge in [-0.25, -0.2) is 0 Å². The zero-order valence-corrected chi connectivity index (χ0v) is 8.55. The highest BCUT2D eigenvalue weighted by Crippen LogP contribution is 2.15. The van der Waals surface area contributed by atoms with Crippen LogP contribution >= 0.6 is 0 Å². The molecule has 6 nitrogen and oxygen atoms in total. The van der Waals surface area contributed by atoms with Crippen molar-refractivity contribution in [3.8, 4) is 11.4 Å². The fraction of sp³-hybridized carbons (Fsp3) is 0.200. The van der Waals surface area contributed by atoms with Gasteiger partial charge in [-0.05, 0) is 17.8 Å². The fourth-order valence-electron chi connectivity index (χ4n) is 1.39. The third-order valence-corrected chi connectivity index (χ3v) is 2.16. The number of tetrazole rings is 1. The van der Waals surface area contributed by atoms with Crippen molar-refractivity contribution >= 4 is 5.78 Å². The molecule has 2 rings (SSSR count). The van der Waals surface area contributed by atoms with Gasteiger partial charge in [0.25, 0.3) is 0 Å². The van der Waals surface area contributed by atoms with Gasteiger partial charge in [-0.3, -0.25) is 4.79 Å². The number of carbonyl (C=O) groups excluding carboxylic acids is 1. The predicted octanol–water partition coefficient (Wildman–Crippen LogP) is 0.398. The number of benzene rings is 1. The molecular weight excluding hydrogens is 206 g/mol. The van der Waals surface area contributed by atoms with Gasteiger partial charge in [0.15, 0.2) is 5.78 Å². The number of carbonyl (C=O) groups is 1. The van der Waals surface area contributed by atoms with Crippen molar-refractivity contribution in [3.05, 3.63) is 29.8 Å². The van der Waals surface area contributed by atoms with Gasteiger partial charge in [0, 0.05) is 17.5 Å². The van der Waals surface area contributed by atoms with E-state index in [1.54, 1.807) is 18.2 Å². The van der Waals surface area contributed by atoms with Crippen LogP contribution in [0.5, 0.6) is 0 Å². The molecule has 0 aliphatic carbocycles. The summed E-state index contributed by atoms with van der Waals surface area (Å²) in [5.74, 6) is 0.496. The summed E-state index contributed by atoms with van der Waals surface area (Å²) in [6.45, 7) is 0.352. The predicted molar refractivity (Wildman–Crippen MR) is 57.6 cm³/mol. The Balaban J connectivity index is 2.30. The molecule has 0 fully saturated rings. The number of H-pyrrole nitrogens is 1. The van der Waals surface area contributed by atoms with E-state index < -0.39 is 0 Å².